The first-order valence-electron chi connectivity index (χ1n) is 8.93. The number of ether oxygens (including phenoxy) is 1. The molecule has 0 N–H and O–H groups in total. The maximum Gasteiger partial charge on any atom is 0.0535 e. The zero-order valence-corrected chi connectivity index (χ0v) is 15.6. The van der Waals surface area contributed by atoms with Crippen molar-refractivity contribution in [2.45, 2.75) is 39.7 Å². The topological polar surface area (TPSA) is 25.4 Å². The van der Waals surface area contributed by atoms with Crippen LogP contribution < -0.4 is 0 Å². The molecule has 0 saturated carbocycles. The van der Waals surface area contributed by atoms with Gasteiger partial charge in [0.1, 0.15) is 0 Å². The molecule has 3 nitrogen and oxygen atoms in total. The molecule has 3 heterocycles. The van der Waals surface area contributed by atoms with E-state index in [2.05, 4.69) is 41.2 Å². The van der Waals surface area contributed by atoms with E-state index in [0.717, 1.165) is 32.8 Å². The third kappa shape index (κ3) is 4.44. The van der Waals surface area contributed by atoms with Crippen molar-refractivity contribution in [2.24, 2.45) is 5.41 Å². The summed E-state index contributed by atoms with van der Waals surface area (Å²) in [4.78, 5) is 8.35. The number of aromatic nitrogens is 1. The molecule has 2 aromatic rings. The highest BCUT2D eigenvalue weighted by atomic mass is 32.1. The lowest BCUT2D eigenvalue weighted by Gasteiger charge is -2.29. The summed E-state index contributed by atoms with van der Waals surface area (Å²) in [7, 11) is 0. The number of thiophene rings is 1. The first-order chi connectivity index (χ1) is 11.7. The Bertz CT molecular complexity index is 628. The highest BCUT2D eigenvalue weighted by Crippen LogP contribution is 2.37. The lowest BCUT2D eigenvalue weighted by molar-refractivity contribution is 0.0490. The van der Waals surface area contributed by atoms with E-state index in [9.17, 15) is 0 Å². The minimum atomic E-state index is 0.300. The minimum absolute atomic E-state index is 0.300. The predicted molar refractivity (Wildman–Crippen MR) is 100 cm³/mol. The van der Waals surface area contributed by atoms with Gasteiger partial charge < -0.3 is 4.74 Å². The Labute approximate surface area is 149 Å². The zero-order valence-electron chi connectivity index (χ0n) is 14.8. The number of hydrogen-bond acceptors (Lipinski definition) is 4. The Kier molecular flexibility index (Phi) is 6.04. The van der Waals surface area contributed by atoms with Crippen LogP contribution in [0.25, 0.3) is 0 Å². The third-order valence-electron chi connectivity index (χ3n) is 5.11. The molecule has 0 bridgehead atoms. The molecular weight excluding hydrogens is 316 g/mol. The molecule has 1 fully saturated rings. The van der Waals surface area contributed by atoms with Crippen molar-refractivity contribution in [3.8, 4) is 0 Å². The largest absolute Gasteiger partial charge is 0.381 e. The summed E-state index contributed by atoms with van der Waals surface area (Å²) in [5, 5.41) is 2.21. The van der Waals surface area contributed by atoms with Crippen molar-refractivity contribution in [1.29, 1.82) is 0 Å². The highest BCUT2D eigenvalue weighted by molar-refractivity contribution is 7.10. The fraction of sp³-hybridized carbons (Fsp3) is 0.550. The minimum Gasteiger partial charge on any atom is -0.381 e. The van der Waals surface area contributed by atoms with Crippen LogP contribution in [0.1, 0.15) is 35.8 Å². The van der Waals surface area contributed by atoms with E-state index < -0.39 is 0 Å². The van der Waals surface area contributed by atoms with Gasteiger partial charge in [0.25, 0.3) is 0 Å². The molecule has 0 radical (unpaired) electrons. The first kappa shape index (κ1) is 17.6. The van der Waals surface area contributed by atoms with E-state index in [-0.39, 0.29) is 0 Å². The number of hydrogen-bond donors (Lipinski definition) is 0. The summed E-state index contributed by atoms with van der Waals surface area (Å²) >= 11 is 1.90. The fourth-order valence-corrected chi connectivity index (χ4v) is 4.57. The van der Waals surface area contributed by atoms with Crippen LogP contribution in [-0.4, -0.2) is 36.2 Å². The van der Waals surface area contributed by atoms with Crippen LogP contribution in [0.4, 0.5) is 0 Å². The van der Waals surface area contributed by atoms with E-state index in [1.807, 2.05) is 29.8 Å². The van der Waals surface area contributed by atoms with Crippen LogP contribution in [0.3, 0.4) is 0 Å². The van der Waals surface area contributed by atoms with Crippen molar-refractivity contribution in [3.05, 3.63) is 52.0 Å². The Hall–Kier alpha value is -1.23. The Morgan fingerprint density at radius 1 is 1.38 bits per heavy atom. The van der Waals surface area contributed by atoms with Crippen LogP contribution >= 0.6 is 11.3 Å². The number of nitrogens with zero attached hydrogens (tertiary/aromatic N) is 2. The molecule has 1 aliphatic heterocycles. The average Bonchev–Trinajstić information content (AvgIpc) is 3.19. The maximum atomic E-state index is 5.88. The summed E-state index contributed by atoms with van der Waals surface area (Å²) in [5.74, 6) is 0. The summed E-state index contributed by atoms with van der Waals surface area (Å²) in [6.07, 6.45) is 7.46. The zero-order chi connectivity index (χ0) is 16.8. The summed E-state index contributed by atoms with van der Waals surface area (Å²) in [6, 6.07) is 6.43. The fourth-order valence-electron chi connectivity index (χ4n) is 3.66. The normalized spacial score (nSPS) is 21.4. The van der Waals surface area contributed by atoms with Gasteiger partial charge in [0.15, 0.2) is 0 Å². The third-order valence-corrected chi connectivity index (χ3v) is 6.19. The molecular formula is C20H28N2OS. The summed E-state index contributed by atoms with van der Waals surface area (Å²) < 4.78 is 5.88. The Morgan fingerprint density at radius 2 is 2.29 bits per heavy atom. The summed E-state index contributed by atoms with van der Waals surface area (Å²) in [6.45, 7) is 9.31. The predicted octanol–water partition coefficient (Wildman–Crippen LogP) is 4.31. The lowest BCUT2D eigenvalue weighted by Crippen LogP contribution is -2.32. The van der Waals surface area contributed by atoms with Crippen LogP contribution in [0.2, 0.25) is 0 Å². The van der Waals surface area contributed by atoms with Gasteiger partial charge in [0.2, 0.25) is 0 Å². The van der Waals surface area contributed by atoms with Crippen molar-refractivity contribution in [1.82, 2.24) is 9.88 Å². The van der Waals surface area contributed by atoms with Gasteiger partial charge >= 0.3 is 0 Å². The van der Waals surface area contributed by atoms with Gasteiger partial charge in [-0.3, -0.25) is 9.88 Å². The SMILES string of the molecule is CCOC[C@]1(CCc2sccc2C)CCN(Cc2cccnc2)C1. The second-order valence-electron chi connectivity index (χ2n) is 6.99. The molecule has 3 rings (SSSR count). The van der Waals surface area contributed by atoms with E-state index in [4.69, 9.17) is 4.74 Å². The van der Waals surface area contributed by atoms with Gasteiger partial charge in [-0.15, -0.1) is 11.3 Å². The maximum absolute atomic E-state index is 5.88. The van der Waals surface area contributed by atoms with Crippen molar-refractivity contribution < 1.29 is 4.74 Å². The van der Waals surface area contributed by atoms with Crippen molar-refractivity contribution in [3.63, 3.8) is 0 Å². The molecule has 1 aliphatic rings. The van der Waals surface area contributed by atoms with Crippen LogP contribution in [0.5, 0.6) is 0 Å². The molecule has 2 aromatic heterocycles. The first-order valence-corrected chi connectivity index (χ1v) is 9.81. The average molecular weight is 345 g/mol. The molecule has 0 spiro atoms. The van der Waals surface area contributed by atoms with Gasteiger partial charge in [0, 0.05) is 42.4 Å². The highest BCUT2D eigenvalue weighted by Gasteiger charge is 2.38. The van der Waals surface area contributed by atoms with E-state index >= 15 is 0 Å². The monoisotopic (exact) mass is 344 g/mol. The molecule has 130 valence electrons. The van der Waals surface area contributed by atoms with Gasteiger partial charge in [-0.25, -0.2) is 0 Å². The second kappa shape index (κ2) is 8.24. The molecule has 24 heavy (non-hydrogen) atoms. The molecule has 1 atom stereocenters. The van der Waals surface area contributed by atoms with Gasteiger partial charge in [-0.1, -0.05) is 6.07 Å². The molecule has 0 aromatic carbocycles. The van der Waals surface area contributed by atoms with Crippen LogP contribution in [-0.2, 0) is 17.7 Å². The second-order valence-corrected chi connectivity index (χ2v) is 7.99. The lowest BCUT2D eigenvalue weighted by atomic mass is 9.82. The van der Waals surface area contributed by atoms with E-state index in [0.29, 0.717) is 5.41 Å². The Balaban J connectivity index is 1.62. The van der Waals surface area contributed by atoms with Crippen molar-refractivity contribution >= 4 is 11.3 Å². The number of pyridine rings is 1. The number of rotatable bonds is 8. The molecule has 0 amide bonds. The van der Waals surface area contributed by atoms with E-state index in [1.54, 1.807) is 0 Å². The molecule has 4 heteroatoms. The molecule has 1 saturated heterocycles. The summed E-state index contributed by atoms with van der Waals surface area (Å²) in [5.41, 5.74) is 3.05. The van der Waals surface area contributed by atoms with Gasteiger partial charge in [-0.2, -0.15) is 0 Å². The van der Waals surface area contributed by atoms with E-state index in [1.165, 1.54) is 35.3 Å². The standard InChI is InChI=1S/C20H28N2OS/c1-3-23-16-20(8-6-19-17(2)7-12-24-19)9-11-22(15-20)14-18-5-4-10-21-13-18/h4-5,7,10,12-13H,3,6,8-9,11,14-16H2,1-2H3/t20-/m1/s1. The van der Waals surface area contributed by atoms with Crippen molar-refractivity contribution in [2.75, 3.05) is 26.3 Å². The molecule has 0 unspecified atom stereocenters. The molecule has 0 aliphatic carbocycles. The quantitative estimate of drug-likeness (QED) is 0.713. The van der Waals surface area contributed by atoms with Gasteiger partial charge in [-0.05, 0) is 68.3 Å². The van der Waals surface area contributed by atoms with Crippen LogP contribution in [0.15, 0.2) is 36.0 Å². The number of likely N-dealkylation sites (tertiary alicyclic amines) is 1. The number of aryl methyl sites for hydroxylation is 2. The smallest absolute Gasteiger partial charge is 0.0535 e. The van der Waals surface area contributed by atoms with Crippen LogP contribution in [0, 0.1) is 12.3 Å². The Morgan fingerprint density at radius 3 is 3.00 bits per heavy atom. The van der Waals surface area contributed by atoms with Gasteiger partial charge in [0.05, 0.1) is 6.61 Å².